The Morgan fingerprint density at radius 2 is 2.11 bits per heavy atom. The minimum atomic E-state index is -1.62. The topological polar surface area (TPSA) is 148 Å². The van der Waals surface area contributed by atoms with E-state index in [1.165, 1.54) is 12.2 Å². The Hall–Kier alpha value is -3.34. The predicted molar refractivity (Wildman–Crippen MR) is 96.3 cm³/mol. The van der Waals surface area contributed by atoms with Gasteiger partial charge in [-0.25, -0.2) is 14.4 Å². The predicted octanol–water partition coefficient (Wildman–Crippen LogP) is 1.28. The molecule has 3 heterocycles. The van der Waals surface area contributed by atoms with Gasteiger partial charge >= 0.3 is 0 Å². The summed E-state index contributed by atoms with van der Waals surface area (Å²) in [5.41, 5.74) is 5.82. The first-order chi connectivity index (χ1) is 13.4. The summed E-state index contributed by atoms with van der Waals surface area (Å²) in [5, 5.41) is 24.7. The molecule has 1 fully saturated rings. The number of hydrogen-bond donors (Lipinski definition) is 4. The van der Waals surface area contributed by atoms with E-state index in [2.05, 4.69) is 30.8 Å². The van der Waals surface area contributed by atoms with Gasteiger partial charge in [-0.05, 0) is 31.9 Å². The number of aromatic amines is 1. The monoisotopic (exact) mass is 386 g/mol. The highest BCUT2D eigenvalue weighted by Gasteiger charge is 2.46. The van der Waals surface area contributed by atoms with E-state index >= 15 is 0 Å². The fourth-order valence-corrected chi connectivity index (χ4v) is 3.08. The third kappa shape index (κ3) is 3.31. The molecule has 1 unspecified atom stereocenters. The Morgan fingerprint density at radius 1 is 1.39 bits per heavy atom. The van der Waals surface area contributed by atoms with Crippen LogP contribution in [0.15, 0.2) is 42.1 Å². The lowest BCUT2D eigenvalue weighted by atomic mass is 9.99. The first-order valence-electron chi connectivity index (χ1n) is 8.80. The van der Waals surface area contributed by atoms with E-state index in [-0.39, 0.29) is 5.70 Å². The largest absolute Gasteiger partial charge is 0.362 e. The molecule has 5 N–H and O–H groups in total. The molecule has 11 heteroatoms. The number of nitrogens with zero attached hydrogens (tertiary/aromatic N) is 4. The maximum atomic E-state index is 13.0. The van der Waals surface area contributed by atoms with Crippen molar-refractivity contribution in [3.63, 3.8) is 0 Å². The maximum Gasteiger partial charge on any atom is 0.292 e. The third-order valence-corrected chi connectivity index (χ3v) is 4.76. The van der Waals surface area contributed by atoms with E-state index in [1.807, 2.05) is 0 Å². The molecule has 2 aliphatic rings. The molecule has 10 nitrogen and oxygen atoms in total. The van der Waals surface area contributed by atoms with Crippen molar-refractivity contribution in [3.8, 4) is 0 Å². The Morgan fingerprint density at radius 3 is 2.75 bits per heavy atom. The average Bonchev–Trinajstić information content (AvgIpc) is 3.38. The van der Waals surface area contributed by atoms with Crippen LogP contribution in [0.1, 0.15) is 48.9 Å². The van der Waals surface area contributed by atoms with Crippen LogP contribution in [0.25, 0.3) is 0 Å². The number of allylic oxidation sites excluding steroid dienone is 2. The summed E-state index contributed by atoms with van der Waals surface area (Å²) in [7, 11) is 0. The zero-order chi connectivity index (χ0) is 19.9. The summed E-state index contributed by atoms with van der Waals surface area (Å²) >= 11 is 0. The van der Waals surface area contributed by atoms with Gasteiger partial charge in [0.25, 0.3) is 5.70 Å². The van der Waals surface area contributed by atoms with Crippen molar-refractivity contribution in [1.82, 2.24) is 30.8 Å². The third-order valence-electron chi connectivity index (χ3n) is 4.76. The summed E-state index contributed by atoms with van der Waals surface area (Å²) in [5.74, 6) is 0.673. The van der Waals surface area contributed by atoms with Crippen LogP contribution in [0.3, 0.4) is 0 Å². The van der Waals surface area contributed by atoms with Crippen LogP contribution in [0, 0.1) is 15.9 Å². The Kier molecular flexibility index (Phi) is 4.30. The fourth-order valence-electron chi connectivity index (χ4n) is 3.08. The molecule has 0 aromatic carbocycles. The number of nitro groups is 1. The molecule has 0 radical (unpaired) electrons. The first kappa shape index (κ1) is 18.0. The van der Waals surface area contributed by atoms with E-state index in [9.17, 15) is 14.5 Å². The van der Waals surface area contributed by atoms with E-state index in [0.717, 1.165) is 30.9 Å². The van der Waals surface area contributed by atoms with Crippen LogP contribution in [-0.4, -0.2) is 25.1 Å². The van der Waals surface area contributed by atoms with Crippen molar-refractivity contribution in [3.05, 3.63) is 75.3 Å². The highest BCUT2D eigenvalue weighted by atomic mass is 19.1. The fraction of sp³-hybridized carbons (Fsp3) is 0.353. The summed E-state index contributed by atoms with van der Waals surface area (Å²) < 4.78 is 13.0. The quantitative estimate of drug-likeness (QED) is 0.429. The zero-order valence-corrected chi connectivity index (χ0v) is 15.0. The van der Waals surface area contributed by atoms with Crippen molar-refractivity contribution in [2.24, 2.45) is 5.73 Å². The molecule has 28 heavy (non-hydrogen) atoms. The standard InChI is InChI=1S/C17H19FN8O2/c1-9(16-20-7-11(18)8-21-16)22-15-5-4-14(26(27)28)17(19,23-15)13-6-12(24-25-13)10-2-3-10/h4-10,22-23H,2-3,19H2,1H3,(H,24,25)/t9-,17?/m0/s1. The van der Waals surface area contributed by atoms with Gasteiger partial charge in [0.15, 0.2) is 5.82 Å². The highest BCUT2D eigenvalue weighted by Crippen LogP contribution is 2.40. The second-order valence-corrected chi connectivity index (χ2v) is 6.93. The van der Waals surface area contributed by atoms with Crippen molar-refractivity contribution in [2.45, 2.75) is 37.4 Å². The molecule has 0 saturated heterocycles. The van der Waals surface area contributed by atoms with Crippen LogP contribution in [0.5, 0.6) is 0 Å². The lowest BCUT2D eigenvalue weighted by molar-refractivity contribution is -0.437. The van der Waals surface area contributed by atoms with Gasteiger partial charge in [-0.1, -0.05) is 0 Å². The first-order valence-corrected chi connectivity index (χ1v) is 8.80. The molecule has 4 rings (SSSR count). The normalized spacial score (nSPS) is 22.7. The lowest BCUT2D eigenvalue weighted by Crippen LogP contribution is -2.56. The van der Waals surface area contributed by atoms with Crippen LogP contribution < -0.4 is 16.4 Å². The molecule has 0 bridgehead atoms. The number of nitrogens with one attached hydrogen (secondary N) is 3. The molecule has 2 aromatic heterocycles. The Labute approximate surface area is 159 Å². The maximum absolute atomic E-state index is 13.0. The second-order valence-electron chi connectivity index (χ2n) is 6.93. The van der Waals surface area contributed by atoms with Crippen molar-refractivity contribution < 1.29 is 9.31 Å². The molecule has 1 aliphatic carbocycles. The second kappa shape index (κ2) is 6.68. The van der Waals surface area contributed by atoms with Crippen molar-refractivity contribution in [2.75, 3.05) is 0 Å². The average molecular weight is 386 g/mol. The van der Waals surface area contributed by atoms with E-state index < -0.39 is 22.4 Å². The van der Waals surface area contributed by atoms with Crippen LogP contribution in [0.2, 0.25) is 0 Å². The molecule has 0 amide bonds. The Bertz CT molecular complexity index is 966. The summed E-state index contributed by atoms with van der Waals surface area (Å²) in [4.78, 5) is 18.9. The van der Waals surface area contributed by atoms with Crippen molar-refractivity contribution >= 4 is 0 Å². The van der Waals surface area contributed by atoms with Crippen LogP contribution in [0.4, 0.5) is 4.39 Å². The Balaban J connectivity index is 1.59. The van der Waals surface area contributed by atoms with Gasteiger partial charge in [0.2, 0.25) is 5.66 Å². The van der Waals surface area contributed by atoms with Gasteiger partial charge < -0.3 is 10.6 Å². The molecule has 146 valence electrons. The number of halogens is 1. The van der Waals surface area contributed by atoms with Gasteiger partial charge in [-0.2, -0.15) is 5.10 Å². The molecule has 1 saturated carbocycles. The number of rotatable bonds is 6. The van der Waals surface area contributed by atoms with Crippen LogP contribution in [-0.2, 0) is 5.66 Å². The number of nitrogens with two attached hydrogens (primary N) is 1. The molecule has 0 spiro atoms. The molecular formula is C17H19FN8O2. The summed E-state index contributed by atoms with van der Waals surface area (Å²) in [6, 6.07) is 1.37. The lowest BCUT2D eigenvalue weighted by Gasteiger charge is -2.32. The van der Waals surface area contributed by atoms with Gasteiger partial charge in [0.05, 0.1) is 23.4 Å². The van der Waals surface area contributed by atoms with Gasteiger partial charge in [-0.3, -0.25) is 20.9 Å². The number of hydrogen-bond acceptors (Lipinski definition) is 8. The van der Waals surface area contributed by atoms with Gasteiger partial charge in [0.1, 0.15) is 17.3 Å². The van der Waals surface area contributed by atoms with Crippen molar-refractivity contribution in [1.29, 1.82) is 0 Å². The van der Waals surface area contributed by atoms with Gasteiger partial charge in [-0.15, -0.1) is 0 Å². The smallest absolute Gasteiger partial charge is 0.292 e. The minimum Gasteiger partial charge on any atom is -0.362 e. The highest BCUT2D eigenvalue weighted by molar-refractivity contribution is 5.36. The minimum absolute atomic E-state index is 0.224. The number of H-pyrrole nitrogens is 1. The number of dihydropyridines is 1. The van der Waals surface area contributed by atoms with Gasteiger partial charge in [0, 0.05) is 17.7 Å². The van der Waals surface area contributed by atoms with Crippen LogP contribution >= 0.6 is 0 Å². The molecule has 2 atom stereocenters. The summed E-state index contributed by atoms with van der Waals surface area (Å²) in [6.45, 7) is 1.78. The number of aromatic nitrogens is 4. The molecule has 1 aliphatic heterocycles. The summed E-state index contributed by atoms with van der Waals surface area (Å²) in [6.07, 6.45) is 7.12. The molecular weight excluding hydrogens is 367 g/mol. The molecule has 2 aromatic rings. The van der Waals surface area contributed by atoms with E-state index in [0.29, 0.717) is 23.3 Å². The zero-order valence-electron chi connectivity index (χ0n) is 15.0. The van der Waals surface area contributed by atoms with E-state index in [1.54, 1.807) is 13.0 Å². The SMILES string of the molecule is C[C@H](NC1=CC=C([N+](=O)[O-])C(N)(c2cc(C3CC3)[nH]n2)N1)c1ncc(F)cn1. The van der Waals surface area contributed by atoms with E-state index in [4.69, 9.17) is 5.73 Å².